The van der Waals surface area contributed by atoms with Gasteiger partial charge in [0, 0.05) is 0 Å². The van der Waals surface area contributed by atoms with Crippen molar-refractivity contribution in [2.75, 3.05) is 32.8 Å². The second-order valence-corrected chi connectivity index (χ2v) is 8.70. The Kier molecular flexibility index (Phi) is 6.63. The third kappa shape index (κ3) is 4.55. The quantitative estimate of drug-likeness (QED) is 0.783. The molecule has 4 rings (SSSR count). The highest BCUT2D eigenvalue weighted by Crippen LogP contribution is 2.47. The summed E-state index contributed by atoms with van der Waals surface area (Å²) in [5.41, 5.74) is 1.03. The van der Waals surface area contributed by atoms with Gasteiger partial charge in [-0.3, -0.25) is 0 Å². The molecule has 2 aliphatic rings. The van der Waals surface area contributed by atoms with E-state index in [1.807, 2.05) is 6.07 Å². The Morgan fingerprint density at radius 3 is 2.28 bits per heavy atom. The number of ether oxygens (including phenoxy) is 1. The molecule has 2 aromatic rings. The fourth-order valence-electron chi connectivity index (χ4n) is 5.35. The van der Waals surface area contributed by atoms with Crippen LogP contribution in [0.15, 0.2) is 54.6 Å². The summed E-state index contributed by atoms with van der Waals surface area (Å²) in [6, 6.07) is 17.0. The Morgan fingerprint density at radius 1 is 0.966 bits per heavy atom. The van der Waals surface area contributed by atoms with Gasteiger partial charge in [0.2, 0.25) is 0 Å². The number of aliphatic hydroxyl groups is 1. The zero-order valence-corrected chi connectivity index (χ0v) is 17.2. The van der Waals surface area contributed by atoms with Crippen LogP contribution in [-0.2, 0) is 10.3 Å². The molecule has 2 aromatic carbocycles. The molecule has 4 heteroatoms. The molecule has 0 aromatic heterocycles. The Balaban J connectivity index is 1.76. The highest BCUT2D eigenvalue weighted by Gasteiger charge is 2.47. The number of halogens is 1. The molecule has 0 unspecified atom stereocenters. The molecule has 0 radical (unpaired) electrons. The summed E-state index contributed by atoms with van der Waals surface area (Å²) in [5.74, 6) is -0.104. The lowest BCUT2D eigenvalue weighted by atomic mass is 9.65. The fourth-order valence-corrected chi connectivity index (χ4v) is 5.35. The van der Waals surface area contributed by atoms with E-state index in [1.54, 1.807) is 12.1 Å². The van der Waals surface area contributed by atoms with Gasteiger partial charge < -0.3 is 14.7 Å². The molecule has 0 amide bonds. The first-order chi connectivity index (χ1) is 14.2. The first-order valence-corrected chi connectivity index (χ1v) is 11.1. The van der Waals surface area contributed by atoms with Crippen molar-refractivity contribution >= 4 is 0 Å². The summed E-state index contributed by atoms with van der Waals surface area (Å²) in [4.78, 5) is 1.47. The van der Waals surface area contributed by atoms with Crippen LogP contribution in [0.2, 0.25) is 0 Å². The largest absolute Gasteiger partial charge is 0.384 e. The van der Waals surface area contributed by atoms with E-state index >= 15 is 0 Å². The van der Waals surface area contributed by atoms with E-state index in [-0.39, 0.29) is 17.7 Å². The lowest BCUT2D eigenvalue weighted by Crippen LogP contribution is -3.14. The molecule has 1 aliphatic heterocycles. The molecular weight excluding hydrogens is 365 g/mol. The van der Waals surface area contributed by atoms with Crippen molar-refractivity contribution in [2.24, 2.45) is 5.92 Å². The van der Waals surface area contributed by atoms with Crippen LogP contribution in [0.3, 0.4) is 0 Å². The molecule has 3 nitrogen and oxygen atoms in total. The minimum atomic E-state index is -0.999. The maximum Gasteiger partial charge on any atom is 0.123 e. The molecule has 0 spiro atoms. The first kappa shape index (κ1) is 20.5. The molecule has 29 heavy (non-hydrogen) atoms. The highest BCUT2D eigenvalue weighted by molar-refractivity contribution is 5.33. The third-order valence-electron chi connectivity index (χ3n) is 6.96. The zero-order valence-electron chi connectivity index (χ0n) is 17.2. The number of quaternary nitrogens is 1. The van der Waals surface area contributed by atoms with Crippen molar-refractivity contribution in [3.63, 3.8) is 0 Å². The van der Waals surface area contributed by atoms with E-state index in [1.165, 1.54) is 29.0 Å². The minimum absolute atomic E-state index is 0.0367. The summed E-state index contributed by atoms with van der Waals surface area (Å²) in [6.45, 7) is 4.34. The van der Waals surface area contributed by atoms with Crippen LogP contribution in [0.25, 0.3) is 0 Å². The predicted molar refractivity (Wildman–Crippen MR) is 112 cm³/mol. The molecule has 1 saturated heterocycles. The van der Waals surface area contributed by atoms with Gasteiger partial charge in [-0.2, -0.15) is 0 Å². The van der Waals surface area contributed by atoms with Crippen molar-refractivity contribution in [1.82, 2.24) is 0 Å². The van der Waals surface area contributed by atoms with Gasteiger partial charge in [0.1, 0.15) is 24.5 Å². The second kappa shape index (κ2) is 9.38. The monoisotopic (exact) mass is 398 g/mol. The highest BCUT2D eigenvalue weighted by atomic mass is 19.1. The van der Waals surface area contributed by atoms with Crippen molar-refractivity contribution in [1.29, 1.82) is 0 Å². The van der Waals surface area contributed by atoms with E-state index < -0.39 is 5.60 Å². The molecule has 1 saturated carbocycles. The van der Waals surface area contributed by atoms with Gasteiger partial charge in [0.05, 0.1) is 25.7 Å². The topological polar surface area (TPSA) is 33.9 Å². The van der Waals surface area contributed by atoms with Gasteiger partial charge in [0.15, 0.2) is 0 Å². The third-order valence-corrected chi connectivity index (χ3v) is 6.96. The number of benzene rings is 2. The molecule has 2 atom stereocenters. The Hall–Kier alpha value is -1.75. The van der Waals surface area contributed by atoms with E-state index in [2.05, 4.69) is 24.3 Å². The molecule has 0 bridgehead atoms. The average Bonchev–Trinajstić information content (AvgIpc) is 2.79. The summed E-state index contributed by atoms with van der Waals surface area (Å²) in [6.07, 6.45) is 5.59. The van der Waals surface area contributed by atoms with Crippen molar-refractivity contribution < 1.29 is 19.1 Å². The summed E-state index contributed by atoms with van der Waals surface area (Å²) in [5, 5.41) is 12.5. The van der Waals surface area contributed by atoms with Crippen LogP contribution in [0.1, 0.15) is 49.1 Å². The Morgan fingerprint density at radius 2 is 1.62 bits per heavy atom. The van der Waals surface area contributed by atoms with E-state index in [0.717, 1.165) is 64.1 Å². The Labute approximate surface area is 173 Å². The van der Waals surface area contributed by atoms with Crippen LogP contribution < -0.4 is 4.90 Å². The lowest BCUT2D eigenvalue weighted by Gasteiger charge is -2.45. The minimum Gasteiger partial charge on any atom is -0.384 e. The van der Waals surface area contributed by atoms with Crippen LogP contribution in [0.4, 0.5) is 4.39 Å². The van der Waals surface area contributed by atoms with Gasteiger partial charge in [-0.1, -0.05) is 61.7 Å². The van der Waals surface area contributed by atoms with Gasteiger partial charge >= 0.3 is 0 Å². The molecule has 156 valence electrons. The zero-order chi connectivity index (χ0) is 20.1. The van der Waals surface area contributed by atoms with Crippen LogP contribution >= 0.6 is 0 Å². The standard InChI is InChI=1S/C25H32FNO2/c26-23-13-11-22(12-14-23)25(28,21-9-5-2-6-10-21)24(20-7-3-1-4-8-20)19-27-15-17-29-18-16-27/h1,3-4,7-8,11-14,21,24,28H,2,5-6,9-10,15-19H2/p+1/t24-,25+/m1/s1. The van der Waals surface area contributed by atoms with E-state index in [9.17, 15) is 9.50 Å². The predicted octanol–water partition coefficient (Wildman–Crippen LogP) is 3.29. The number of hydrogen-bond donors (Lipinski definition) is 2. The molecule has 1 heterocycles. The number of morpholine rings is 1. The Bertz CT molecular complexity index is 754. The maximum atomic E-state index is 13.7. The summed E-state index contributed by atoms with van der Waals surface area (Å²) in [7, 11) is 0. The molecular formula is C25H33FNO2+. The van der Waals surface area contributed by atoms with Crippen LogP contribution in [0, 0.1) is 11.7 Å². The number of hydrogen-bond acceptors (Lipinski definition) is 2. The fraction of sp³-hybridized carbons (Fsp3) is 0.520. The maximum absolute atomic E-state index is 13.7. The van der Waals surface area contributed by atoms with E-state index in [4.69, 9.17) is 4.74 Å². The average molecular weight is 399 g/mol. The SMILES string of the molecule is O[C@](c1ccc(F)cc1)(C1CCCCC1)[C@H](C[NH+]1CCOCC1)c1ccccc1. The van der Waals surface area contributed by atoms with Crippen molar-refractivity contribution in [2.45, 2.75) is 43.6 Å². The molecule has 2 fully saturated rings. The molecule has 1 aliphatic carbocycles. The summed E-state index contributed by atoms with van der Waals surface area (Å²) < 4.78 is 19.3. The number of nitrogens with one attached hydrogen (secondary N) is 1. The summed E-state index contributed by atoms with van der Waals surface area (Å²) >= 11 is 0. The van der Waals surface area contributed by atoms with Gasteiger partial charge in [-0.25, -0.2) is 4.39 Å². The van der Waals surface area contributed by atoms with Gasteiger partial charge in [-0.15, -0.1) is 0 Å². The van der Waals surface area contributed by atoms with Gasteiger partial charge in [0.25, 0.3) is 0 Å². The van der Waals surface area contributed by atoms with Crippen LogP contribution in [0.5, 0.6) is 0 Å². The molecule has 2 N–H and O–H groups in total. The van der Waals surface area contributed by atoms with Crippen LogP contribution in [-0.4, -0.2) is 38.0 Å². The lowest BCUT2D eigenvalue weighted by molar-refractivity contribution is -0.910. The first-order valence-electron chi connectivity index (χ1n) is 11.1. The van der Waals surface area contributed by atoms with E-state index in [0.29, 0.717) is 0 Å². The normalized spacial score (nSPS) is 22.1. The second-order valence-electron chi connectivity index (χ2n) is 8.70. The number of rotatable bonds is 6. The van der Waals surface area contributed by atoms with Gasteiger partial charge in [-0.05, 0) is 42.0 Å². The van der Waals surface area contributed by atoms with Crippen molar-refractivity contribution in [3.8, 4) is 0 Å². The van der Waals surface area contributed by atoms with Crippen molar-refractivity contribution in [3.05, 3.63) is 71.5 Å². The smallest absolute Gasteiger partial charge is 0.123 e.